The van der Waals surface area contributed by atoms with E-state index >= 15 is 0 Å². The van der Waals surface area contributed by atoms with Crippen molar-refractivity contribution in [3.8, 4) is 11.5 Å². The number of allylic oxidation sites excluding steroid dienone is 1. The molecule has 2 aliphatic carbocycles. The molecule has 0 aromatic heterocycles. The highest BCUT2D eigenvalue weighted by atomic mass is 16.5. The van der Waals surface area contributed by atoms with Crippen LogP contribution in [-0.2, 0) is 10.2 Å². The van der Waals surface area contributed by atoms with Crippen LogP contribution in [0.2, 0.25) is 0 Å². The number of fused-ring (bicyclic) bond motifs is 2. The Kier molecular flexibility index (Phi) is 6.75. The van der Waals surface area contributed by atoms with Gasteiger partial charge in [-0.1, -0.05) is 65.9 Å². The van der Waals surface area contributed by atoms with Crippen LogP contribution in [-0.4, -0.2) is 25.3 Å². The zero-order valence-electron chi connectivity index (χ0n) is 21.4. The topological polar surface area (TPSA) is 55.8 Å². The molecule has 32 heavy (non-hydrogen) atoms. The van der Waals surface area contributed by atoms with Crippen molar-refractivity contribution in [1.29, 1.82) is 0 Å². The highest BCUT2D eigenvalue weighted by Crippen LogP contribution is 2.71. The number of hydrogen-bond acceptors (Lipinski definition) is 3. The van der Waals surface area contributed by atoms with Crippen molar-refractivity contribution in [2.75, 3.05) is 14.2 Å². The third-order valence-corrected chi connectivity index (χ3v) is 8.68. The third-order valence-electron chi connectivity index (χ3n) is 8.68. The molecule has 4 nitrogen and oxygen atoms in total. The molecule has 3 rings (SSSR count). The largest absolute Gasteiger partial charge is 0.496 e. The standard InChI is InChI=1S/C28H42O4/c1-9-10-11-12-14-26(3,4)19-16-21(31-7)23(22(17-19)32-8)24-18(2)20-13-15-28(24,25(29)30)27(20,5)6/h16-17,20H,9-15H2,1-8H3,(H,29,30). The van der Waals surface area contributed by atoms with Gasteiger partial charge in [-0.3, -0.25) is 4.79 Å². The fourth-order valence-corrected chi connectivity index (χ4v) is 6.64. The summed E-state index contributed by atoms with van der Waals surface area (Å²) in [7, 11) is 3.36. The number of hydrogen-bond donors (Lipinski definition) is 1. The molecule has 1 aromatic carbocycles. The van der Waals surface area contributed by atoms with Gasteiger partial charge in [-0.05, 0) is 66.2 Å². The quantitative estimate of drug-likeness (QED) is 0.388. The van der Waals surface area contributed by atoms with Crippen molar-refractivity contribution in [3.05, 3.63) is 28.8 Å². The van der Waals surface area contributed by atoms with Crippen LogP contribution < -0.4 is 9.47 Å². The van der Waals surface area contributed by atoms with Crippen molar-refractivity contribution in [3.63, 3.8) is 0 Å². The second-order valence-corrected chi connectivity index (χ2v) is 11.0. The van der Waals surface area contributed by atoms with E-state index in [1.54, 1.807) is 14.2 Å². The SMILES string of the molecule is CCCCCCC(C)(C)c1cc(OC)c(C2=C(C)C3CCC2(C(=O)O)C3(C)C)c(OC)c1. The molecular formula is C28H42O4. The molecule has 0 aliphatic heterocycles. The van der Waals surface area contributed by atoms with Gasteiger partial charge in [0.25, 0.3) is 0 Å². The van der Waals surface area contributed by atoms with Gasteiger partial charge in [0.15, 0.2) is 0 Å². The van der Waals surface area contributed by atoms with Gasteiger partial charge >= 0.3 is 5.97 Å². The van der Waals surface area contributed by atoms with Crippen LogP contribution in [0.1, 0.15) is 97.6 Å². The number of carboxylic acid groups (broad SMARTS) is 1. The molecule has 1 saturated carbocycles. The maximum Gasteiger partial charge on any atom is 0.314 e. The van der Waals surface area contributed by atoms with E-state index in [2.05, 4.69) is 53.7 Å². The summed E-state index contributed by atoms with van der Waals surface area (Å²) in [6, 6.07) is 4.24. The minimum Gasteiger partial charge on any atom is -0.496 e. The molecule has 1 fully saturated rings. The number of ether oxygens (including phenoxy) is 2. The number of unbranched alkanes of at least 4 members (excludes halogenated alkanes) is 3. The van der Waals surface area contributed by atoms with Gasteiger partial charge < -0.3 is 14.6 Å². The molecule has 178 valence electrons. The van der Waals surface area contributed by atoms with Crippen LogP contribution in [0.4, 0.5) is 0 Å². The lowest BCUT2D eigenvalue weighted by atomic mass is 9.64. The van der Waals surface area contributed by atoms with Crippen LogP contribution in [0, 0.1) is 16.7 Å². The maximum atomic E-state index is 12.8. The summed E-state index contributed by atoms with van der Waals surface area (Å²) in [5.74, 6) is 0.970. The third kappa shape index (κ3) is 3.54. The summed E-state index contributed by atoms with van der Waals surface area (Å²) in [5, 5.41) is 10.5. The Bertz CT molecular complexity index is 883. The first kappa shape index (κ1) is 24.7. The zero-order valence-corrected chi connectivity index (χ0v) is 21.4. The molecule has 1 aromatic rings. The molecule has 0 spiro atoms. The van der Waals surface area contributed by atoms with Gasteiger partial charge in [0.05, 0.1) is 25.2 Å². The van der Waals surface area contributed by atoms with Crippen molar-refractivity contribution < 1.29 is 19.4 Å². The minimum absolute atomic E-state index is 0.0192. The van der Waals surface area contributed by atoms with Crippen LogP contribution in [0.25, 0.3) is 5.57 Å². The molecule has 4 heteroatoms. The number of carboxylic acids is 1. The first-order valence-electron chi connectivity index (χ1n) is 12.2. The molecule has 0 heterocycles. The molecule has 0 radical (unpaired) electrons. The van der Waals surface area contributed by atoms with Gasteiger partial charge in [-0.25, -0.2) is 0 Å². The van der Waals surface area contributed by atoms with Crippen molar-refractivity contribution in [2.45, 2.75) is 91.9 Å². The lowest BCUT2D eigenvalue weighted by molar-refractivity contribution is -0.149. The molecular weight excluding hydrogens is 400 g/mol. The highest BCUT2D eigenvalue weighted by molar-refractivity contribution is 5.99. The number of rotatable bonds is 10. The van der Waals surface area contributed by atoms with E-state index in [9.17, 15) is 9.90 Å². The Morgan fingerprint density at radius 2 is 1.72 bits per heavy atom. The van der Waals surface area contributed by atoms with E-state index in [4.69, 9.17) is 9.47 Å². The molecule has 0 amide bonds. The summed E-state index contributed by atoms with van der Waals surface area (Å²) < 4.78 is 11.8. The summed E-state index contributed by atoms with van der Waals surface area (Å²) in [6.07, 6.45) is 7.60. The number of benzene rings is 1. The van der Waals surface area contributed by atoms with Crippen molar-refractivity contribution >= 4 is 11.5 Å². The van der Waals surface area contributed by atoms with E-state index in [-0.39, 0.29) is 16.7 Å². The van der Waals surface area contributed by atoms with Gasteiger partial charge in [0, 0.05) is 0 Å². The van der Waals surface area contributed by atoms with E-state index in [1.807, 2.05) is 0 Å². The minimum atomic E-state index is -0.917. The first-order chi connectivity index (χ1) is 15.0. The summed E-state index contributed by atoms with van der Waals surface area (Å²) in [4.78, 5) is 12.8. The summed E-state index contributed by atoms with van der Waals surface area (Å²) in [5.41, 5.74) is 2.81. The van der Waals surface area contributed by atoms with Gasteiger partial charge in [-0.2, -0.15) is 0 Å². The molecule has 2 aliphatic rings. The number of methoxy groups -OCH3 is 2. The van der Waals surface area contributed by atoms with Crippen LogP contribution >= 0.6 is 0 Å². The van der Waals surface area contributed by atoms with Gasteiger partial charge in [-0.15, -0.1) is 0 Å². The zero-order chi connectivity index (χ0) is 23.9. The maximum absolute atomic E-state index is 12.8. The van der Waals surface area contributed by atoms with E-state index in [0.29, 0.717) is 6.42 Å². The van der Waals surface area contributed by atoms with Crippen LogP contribution in [0.3, 0.4) is 0 Å². The molecule has 1 N–H and O–H groups in total. The summed E-state index contributed by atoms with van der Waals surface area (Å²) in [6.45, 7) is 13.1. The highest BCUT2D eigenvalue weighted by Gasteiger charge is 2.67. The molecule has 2 atom stereocenters. The average molecular weight is 443 g/mol. The average Bonchev–Trinajstić information content (AvgIpc) is 3.11. The van der Waals surface area contributed by atoms with Gasteiger partial charge in [0.2, 0.25) is 0 Å². The van der Waals surface area contributed by atoms with E-state index < -0.39 is 11.4 Å². The van der Waals surface area contributed by atoms with E-state index in [0.717, 1.165) is 35.5 Å². The second kappa shape index (κ2) is 8.76. The smallest absolute Gasteiger partial charge is 0.314 e. The van der Waals surface area contributed by atoms with E-state index in [1.165, 1.54) is 36.8 Å². The Balaban J connectivity index is 2.14. The van der Waals surface area contributed by atoms with Crippen LogP contribution in [0.15, 0.2) is 17.7 Å². The summed E-state index contributed by atoms with van der Waals surface area (Å²) >= 11 is 0. The first-order valence-corrected chi connectivity index (χ1v) is 12.2. The second-order valence-electron chi connectivity index (χ2n) is 11.0. The fourth-order valence-electron chi connectivity index (χ4n) is 6.64. The predicted octanol–water partition coefficient (Wildman–Crippen LogP) is 7.25. The number of carbonyl (C=O) groups is 1. The predicted molar refractivity (Wildman–Crippen MR) is 130 cm³/mol. The molecule has 2 unspecified atom stereocenters. The molecule has 2 bridgehead atoms. The molecule has 0 saturated heterocycles. The lowest BCUT2D eigenvalue weighted by Gasteiger charge is -2.38. The number of aliphatic carboxylic acids is 1. The Hall–Kier alpha value is -1.97. The van der Waals surface area contributed by atoms with Gasteiger partial charge in [0.1, 0.15) is 11.5 Å². The fraction of sp³-hybridized carbons (Fsp3) is 0.679. The van der Waals surface area contributed by atoms with Crippen molar-refractivity contribution in [2.24, 2.45) is 16.7 Å². The Morgan fingerprint density at radius 1 is 1.12 bits per heavy atom. The van der Waals surface area contributed by atoms with Crippen molar-refractivity contribution in [1.82, 2.24) is 0 Å². The van der Waals surface area contributed by atoms with Crippen LogP contribution in [0.5, 0.6) is 11.5 Å². The Labute approximate surface area is 194 Å². The monoisotopic (exact) mass is 442 g/mol. The normalized spacial score (nSPS) is 24.2. The Morgan fingerprint density at radius 3 is 2.22 bits per heavy atom. The lowest BCUT2D eigenvalue weighted by Crippen LogP contribution is -2.40.